The van der Waals surface area contributed by atoms with Gasteiger partial charge in [0.2, 0.25) is 0 Å². The van der Waals surface area contributed by atoms with Gasteiger partial charge in [0.05, 0.1) is 12.6 Å². The molecule has 2 rings (SSSR count). The first-order chi connectivity index (χ1) is 7.77. The quantitative estimate of drug-likeness (QED) is 0.809. The van der Waals surface area contributed by atoms with E-state index in [0.717, 1.165) is 38.4 Å². The number of aromatic nitrogens is 4. The van der Waals surface area contributed by atoms with Gasteiger partial charge in [-0.2, -0.15) is 0 Å². The first-order valence-electron chi connectivity index (χ1n) is 5.85. The number of hydrogen-bond donors (Lipinski definition) is 1. The van der Waals surface area contributed by atoms with Gasteiger partial charge in [0.15, 0.2) is 5.82 Å². The van der Waals surface area contributed by atoms with E-state index in [1.807, 2.05) is 4.68 Å². The van der Waals surface area contributed by atoms with E-state index < -0.39 is 0 Å². The number of hydrogen-bond acceptors (Lipinski definition) is 5. The molecule has 0 bridgehead atoms. The summed E-state index contributed by atoms with van der Waals surface area (Å²) >= 11 is 0. The second-order valence-electron chi connectivity index (χ2n) is 4.42. The van der Waals surface area contributed by atoms with E-state index in [-0.39, 0.29) is 0 Å². The molecule has 0 unspecified atom stereocenters. The standard InChI is InChI=1S/C10H19N5O/c1-8(2)11-7-10-12-13-14-15(10)9-3-5-16-6-4-9/h8-9,11H,3-7H2,1-2H3. The first-order valence-corrected chi connectivity index (χ1v) is 5.85. The van der Waals surface area contributed by atoms with Gasteiger partial charge >= 0.3 is 0 Å². The summed E-state index contributed by atoms with van der Waals surface area (Å²) in [5, 5.41) is 15.2. The van der Waals surface area contributed by atoms with Gasteiger partial charge in [-0.15, -0.1) is 5.10 Å². The van der Waals surface area contributed by atoms with Crippen LogP contribution in [0.25, 0.3) is 0 Å². The topological polar surface area (TPSA) is 64.9 Å². The zero-order valence-electron chi connectivity index (χ0n) is 9.89. The summed E-state index contributed by atoms with van der Waals surface area (Å²) in [5.74, 6) is 0.917. The minimum absolute atomic E-state index is 0.396. The minimum atomic E-state index is 0.396. The number of nitrogens with one attached hydrogen (secondary N) is 1. The van der Waals surface area contributed by atoms with Crippen LogP contribution >= 0.6 is 0 Å². The third-order valence-corrected chi connectivity index (χ3v) is 2.77. The van der Waals surface area contributed by atoms with Crippen molar-refractivity contribution in [3.8, 4) is 0 Å². The van der Waals surface area contributed by atoms with Crippen LogP contribution in [0.1, 0.15) is 38.6 Å². The van der Waals surface area contributed by atoms with Crippen molar-refractivity contribution in [2.24, 2.45) is 0 Å². The molecule has 1 fully saturated rings. The van der Waals surface area contributed by atoms with Crippen molar-refractivity contribution in [1.29, 1.82) is 0 Å². The Morgan fingerprint density at radius 1 is 1.44 bits per heavy atom. The molecule has 1 saturated heterocycles. The van der Waals surface area contributed by atoms with Crippen LogP contribution in [-0.2, 0) is 11.3 Å². The monoisotopic (exact) mass is 225 g/mol. The molecule has 1 aromatic rings. The van der Waals surface area contributed by atoms with Crippen LogP contribution < -0.4 is 5.32 Å². The highest BCUT2D eigenvalue weighted by Gasteiger charge is 2.20. The summed E-state index contributed by atoms with van der Waals surface area (Å²) in [7, 11) is 0. The van der Waals surface area contributed by atoms with E-state index in [1.165, 1.54) is 0 Å². The van der Waals surface area contributed by atoms with Crippen LogP contribution in [0.4, 0.5) is 0 Å². The molecule has 6 nitrogen and oxygen atoms in total. The van der Waals surface area contributed by atoms with Crippen LogP contribution in [0, 0.1) is 0 Å². The lowest BCUT2D eigenvalue weighted by molar-refractivity contribution is 0.0647. The zero-order chi connectivity index (χ0) is 11.4. The SMILES string of the molecule is CC(C)NCc1nnnn1C1CCOCC1. The Labute approximate surface area is 95.4 Å². The first kappa shape index (κ1) is 11.5. The fourth-order valence-electron chi connectivity index (χ4n) is 1.84. The van der Waals surface area contributed by atoms with E-state index in [4.69, 9.17) is 4.74 Å². The van der Waals surface area contributed by atoms with Crippen LogP contribution in [0.5, 0.6) is 0 Å². The predicted octanol–water partition coefficient (Wildman–Crippen LogP) is 0.523. The summed E-state index contributed by atoms with van der Waals surface area (Å²) in [4.78, 5) is 0. The molecular weight excluding hydrogens is 206 g/mol. The number of ether oxygens (including phenoxy) is 1. The van der Waals surface area contributed by atoms with Crippen LogP contribution in [0.15, 0.2) is 0 Å². The lowest BCUT2D eigenvalue weighted by Crippen LogP contribution is -2.27. The number of rotatable bonds is 4. The van der Waals surface area contributed by atoms with Crippen molar-refractivity contribution >= 4 is 0 Å². The van der Waals surface area contributed by atoms with Crippen LogP contribution in [0.3, 0.4) is 0 Å². The molecular formula is C10H19N5O. The maximum Gasteiger partial charge on any atom is 0.165 e. The van der Waals surface area contributed by atoms with Crippen LogP contribution in [0.2, 0.25) is 0 Å². The molecule has 16 heavy (non-hydrogen) atoms. The Kier molecular flexibility index (Phi) is 3.84. The Balaban J connectivity index is 2.00. The fourth-order valence-corrected chi connectivity index (χ4v) is 1.84. The molecule has 1 N–H and O–H groups in total. The zero-order valence-corrected chi connectivity index (χ0v) is 9.89. The third kappa shape index (κ3) is 2.76. The molecule has 0 saturated carbocycles. The van der Waals surface area contributed by atoms with Gasteiger partial charge in [0.25, 0.3) is 0 Å². The van der Waals surface area contributed by atoms with E-state index in [1.54, 1.807) is 0 Å². The largest absolute Gasteiger partial charge is 0.381 e. The second-order valence-corrected chi connectivity index (χ2v) is 4.42. The lowest BCUT2D eigenvalue weighted by Gasteiger charge is -2.22. The summed E-state index contributed by atoms with van der Waals surface area (Å²) in [6.07, 6.45) is 2.00. The van der Waals surface area contributed by atoms with Crippen molar-refractivity contribution in [3.05, 3.63) is 5.82 Å². The Hall–Kier alpha value is -1.01. The van der Waals surface area contributed by atoms with Crippen LogP contribution in [-0.4, -0.2) is 39.5 Å². The fraction of sp³-hybridized carbons (Fsp3) is 0.900. The normalized spacial score (nSPS) is 18.2. The molecule has 2 heterocycles. The molecule has 0 amide bonds. The molecule has 0 radical (unpaired) electrons. The molecule has 1 aromatic heterocycles. The van der Waals surface area contributed by atoms with Gasteiger partial charge in [-0.1, -0.05) is 13.8 Å². The summed E-state index contributed by atoms with van der Waals surface area (Å²) in [6.45, 7) is 6.57. The molecule has 1 aliphatic heterocycles. The second kappa shape index (κ2) is 5.36. The third-order valence-electron chi connectivity index (χ3n) is 2.77. The summed E-state index contributed by atoms with van der Waals surface area (Å²) in [5.41, 5.74) is 0. The average molecular weight is 225 g/mol. The molecule has 0 aliphatic carbocycles. The summed E-state index contributed by atoms with van der Waals surface area (Å²) in [6, 6.07) is 0.840. The van der Waals surface area contributed by atoms with E-state index in [0.29, 0.717) is 12.1 Å². The van der Waals surface area contributed by atoms with Crippen molar-refractivity contribution in [2.75, 3.05) is 13.2 Å². The highest BCUT2D eigenvalue weighted by molar-refractivity contribution is 4.85. The van der Waals surface area contributed by atoms with Crippen molar-refractivity contribution in [2.45, 2.75) is 45.3 Å². The highest BCUT2D eigenvalue weighted by atomic mass is 16.5. The molecule has 1 aliphatic rings. The summed E-state index contributed by atoms with van der Waals surface area (Å²) < 4.78 is 7.28. The molecule has 0 atom stereocenters. The van der Waals surface area contributed by atoms with Crippen molar-refractivity contribution in [1.82, 2.24) is 25.5 Å². The molecule has 0 spiro atoms. The van der Waals surface area contributed by atoms with Crippen molar-refractivity contribution < 1.29 is 4.74 Å². The van der Waals surface area contributed by atoms with E-state index in [2.05, 4.69) is 34.7 Å². The van der Waals surface area contributed by atoms with Gasteiger partial charge in [0, 0.05) is 19.3 Å². The van der Waals surface area contributed by atoms with Gasteiger partial charge in [-0.3, -0.25) is 0 Å². The maximum absolute atomic E-state index is 5.34. The minimum Gasteiger partial charge on any atom is -0.381 e. The maximum atomic E-state index is 5.34. The molecule has 6 heteroatoms. The van der Waals surface area contributed by atoms with Gasteiger partial charge in [0.1, 0.15) is 0 Å². The Morgan fingerprint density at radius 2 is 2.19 bits per heavy atom. The predicted molar refractivity (Wildman–Crippen MR) is 58.9 cm³/mol. The molecule has 90 valence electrons. The Bertz CT molecular complexity index is 319. The average Bonchev–Trinajstić information content (AvgIpc) is 2.75. The highest BCUT2D eigenvalue weighted by Crippen LogP contribution is 2.20. The van der Waals surface area contributed by atoms with Gasteiger partial charge < -0.3 is 10.1 Å². The lowest BCUT2D eigenvalue weighted by atomic mass is 10.1. The Morgan fingerprint density at radius 3 is 2.88 bits per heavy atom. The van der Waals surface area contributed by atoms with E-state index in [9.17, 15) is 0 Å². The van der Waals surface area contributed by atoms with E-state index >= 15 is 0 Å². The smallest absolute Gasteiger partial charge is 0.165 e. The number of nitrogens with zero attached hydrogens (tertiary/aromatic N) is 4. The van der Waals surface area contributed by atoms with Gasteiger partial charge in [-0.05, 0) is 23.3 Å². The van der Waals surface area contributed by atoms with Gasteiger partial charge in [-0.25, -0.2) is 4.68 Å². The van der Waals surface area contributed by atoms with Crippen molar-refractivity contribution in [3.63, 3.8) is 0 Å². The number of tetrazole rings is 1. The molecule has 0 aromatic carbocycles.